The second kappa shape index (κ2) is 9.20. The standard InChI is InChI=1S/C27H25NO5/c1-4-33-21-12-8-11-20(16-21)28-24(18-9-6-5-7-10-18)23(26(30)27(28)31)25(29)19-13-14-22(32-3)17(2)15-19/h5-16,24,29H,4H2,1-3H3/b25-23+. The quantitative estimate of drug-likeness (QED) is 0.329. The fourth-order valence-electron chi connectivity index (χ4n) is 4.12. The molecule has 1 N–H and O–H groups in total. The molecule has 1 unspecified atom stereocenters. The van der Waals surface area contributed by atoms with Gasteiger partial charge < -0.3 is 14.6 Å². The third-order valence-corrected chi connectivity index (χ3v) is 5.63. The lowest BCUT2D eigenvalue weighted by Crippen LogP contribution is -2.29. The van der Waals surface area contributed by atoms with Crippen molar-refractivity contribution in [3.63, 3.8) is 0 Å². The van der Waals surface area contributed by atoms with E-state index < -0.39 is 17.7 Å². The summed E-state index contributed by atoms with van der Waals surface area (Å²) in [6, 6.07) is 20.6. The van der Waals surface area contributed by atoms with E-state index in [4.69, 9.17) is 9.47 Å². The number of methoxy groups -OCH3 is 1. The lowest BCUT2D eigenvalue weighted by molar-refractivity contribution is -0.132. The molecule has 4 rings (SSSR count). The van der Waals surface area contributed by atoms with Crippen LogP contribution < -0.4 is 14.4 Å². The average Bonchev–Trinajstić information content (AvgIpc) is 3.10. The number of ether oxygens (including phenoxy) is 2. The Kier molecular flexibility index (Phi) is 6.18. The first-order valence-electron chi connectivity index (χ1n) is 10.7. The molecule has 168 valence electrons. The minimum absolute atomic E-state index is 0.0394. The fourth-order valence-corrected chi connectivity index (χ4v) is 4.12. The van der Waals surface area contributed by atoms with E-state index in [1.165, 1.54) is 4.90 Å². The summed E-state index contributed by atoms with van der Waals surface area (Å²) in [6.45, 7) is 4.20. The van der Waals surface area contributed by atoms with Crippen molar-refractivity contribution >= 4 is 23.1 Å². The predicted molar refractivity (Wildman–Crippen MR) is 127 cm³/mol. The van der Waals surface area contributed by atoms with E-state index in [9.17, 15) is 14.7 Å². The maximum absolute atomic E-state index is 13.2. The molecule has 1 aliphatic rings. The number of carbonyl (C=O) groups excluding carboxylic acids is 2. The van der Waals surface area contributed by atoms with E-state index >= 15 is 0 Å². The van der Waals surface area contributed by atoms with Crippen molar-refractivity contribution in [3.05, 3.63) is 95.1 Å². The SMILES string of the molecule is CCOc1cccc(N2C(=O)C(=O)/C(=C(/O)c3ccc(OC)c(C)c3)C2c2ccccc2)c1. The zero-order valence-corrected chi connectivity index (χ0v) is 18.7. The number of aryl methyl sites for hydroxylation is 1. The van der Waals surface area contributed by atoms with Crippen LogP contribution in [-0.2, 0) is 9.59 Å². The Morgan fingerprint density at radius 1 is 1.00 bits per heavy atom. The number of anilines is 1. The van der Waals surface area contributed by atoms with Gasteiger partial charge in [-0.15, -0.1) is 0 Å². The zero-order valence-electron chi connectivity index (χ0n) is 18.7. The number of Topliss-reactive ketones (excluding diaryl/α,β-unsaturated/α-hetero) is 1. The molecular formula is C27H25NO5. The lowest BCUT2D eigenvalue weighted by atomic mass is 9.94. The van der Waals surface area contributed by atoms with E-state index in [-0.39, 0.29) is 11.3 Å². The van der Waals surface area contributed by atoms with Crippen molar-refractivity contribution in [2.24, 2.45) is 0 Å². The predicted octanol–water partition coefficient (Wildman–Crippen LogP) is 5.03. The molecule has 3 aromatic carbocycles. The summed E-state index contributed by atoms with van der Waals surface area (Å²) < 4.78 is 10.9. The highest BCUT2D eigenvalue weighted by Crippen LogP contribution is 2.43. The van der Waals surface area contributed by atoms with Crippen LogP contribution in [0.1, 0.15) is 29.7 Å². The number of carbonyl (C=O) groups is 2. The number of aliphatic hydroxyl groups excluding tert-OH is 1. The van der Waals surface area contributed by atoms with Gasteiger partial charge >= 0.3 is 0 Å². The molecular weight excluding hydrogens is 418 g/mol. The minimum atomic E-state index is -0.787. The lowest BCUT2D eigenvalue weighted by Gasteiger charge is -2.25. The highest BCUT2D eigenvalue weighted by Gasteiger charge is 2.47. The first kappa shape index (κ1) is 22.1. The molecule has 0 spiro atoms. The molecule has 0 aromatic heterocycles. The average molecular weight is 443 g/mol. The number of amides is 1. The minimum Gasteiger partial charge on any atom is -0.507 e. The Balaban J connectivity index is 1.91. The van der Waals surface area contributed by atoms with E-state index in [1.54, 1.807) is 49.6 Å². The van der Waals surface area contributed by atoms with Crippen LogP contribution in [0.2, 0.25) is 0 Å². The summed E-state index contributed by atoms with van der Waals surface area (Å²) in [5.41, 5.74) is 2.51. The summed E-state index contributed by atoms with van der Waals surface area (Å²) in [5.74, 6) is -0.411. The molecule has 3 aromatic rings. The van der Waals surface area contributed by atoms with E-state index in [0.717, 1.165) is 5.56 Å². The van der Waals surface area contributed by atoms with Crippen LogP contribution in [0.25, 0.3) is 5.76 Å². The molecule has 1 fully saturated rings. The smallest absolute Gasteiger partial charge is 0.300 e. The van der Waals surface area contributed by atoms with Gasteiger partial charge in [0, 0.05) is 17.3 Å². The third kappa shape index (κ3) is 4.07. The monoisotopic (exact) mass is 443 g/mol. The molecule has 1 saturated heterocycles. The van der Waals surface area contributed by atoms with Gasteiger partial charge in [-0.1, -0.05) is 36.4 Å². The summed E-state index contributed by atoms with van der Waals surface area (Å²) >= 11 is 0. The van der Waals surface area contributed by atoms with Gasteiger partial charge in [0.25, 0.3) is 11.7 Å². The first-order valence-corrected chi connectivity index (χ1v) is 10.7. The van der Waals surface area contributed by atoms with Crippen molar-refractivity contribution in [2.75, 3.05) is 18.6 Å². The van der Waals surface area contributed by atoms with Gasteiger partial charge in [-0.05, 0) is 55.3 Å². The highest BCUT2D eigenvalue weighted by atomic mass is 16.5. The third-order valence-electron chi connectivity index (χ3n) is 5.63. The molecule has 1 aliphatic heterocycles. The molecule has 1 atom stereocenters. The molecule has 0 bridgehead atoms. The topological polar surface area (TPSA) is 76.1 Å². The van der Waals surface area contributed by atoms with Crippen LogP contribution in [0.4, 0.5) is 5.69 Å². The van der Waals surface area contributed by atoms with E-state index in [2.05, 4.69) is 0 Å². The molecule has 0 radical (unpaired) electrons. The first-order chi connectivity index (χ1) is 16.0. The van der Waals surface area contributed by atoms with Crippen molar-refractivity contribution in [3.8, 4) is 11.5 Å². The Bertz CT molecular complexity index is 1230. The largest absolute Gasteiger partial charge is 0.507 e. The molecule has 0 saturated carbocycles. The highest BCUT2D eigenvalue weighted by molar-refractivity contribution is 6.51. The van der Waals surface area contributed by atoms with Gasteiger partial charge in [-0.2, -0.15) is 0 Å². The number of ketones is 1. The van der Waals surface area contributed by atoms with Gasteiger partial charge in [0.2, 0.25) is 0 Å². The number of hydrogen-bond acceptors (Lipinski definition) is 5. The van der Waals surface area contributed by atoms with Crippen LogP contribution in [-0.4, -0.2) is 30.5 Å². The Hall–Kier alpha value is -4.06. The molecule has 33 heavy (non-hydrogen) atoms. The van der Waals surface area contributed by atoms with Gasteiger partial charge in [0.1, 0.15) is 17.3 Å². The Labute approximate surface area is 192 Å². The van der Waals surface area contributed by atoms with Crippen LogP contribution >= 0.6 is 0 Å². The molecule has 6 nitrogen and oxygen atoms in total. The van der Waals surface area contributed by atoms with Gasteiger partial charge in [0.15, 0.2) is 0 Å². The van der Waals surface area contributed by atoms with E-state index in [0.29, 0.717) is 34.9 Å². The Morgan fingerprint density at radius 2 is 1.76 bits per heavy atom. The molecule has 6 heteroatoms. The zero-order chi connectivity index (χ0) is 23.5. The number of rotatable bonds is 6. The van der Waals surface area contributed by atoms with Crippen LogP contribution in [0.3, 0.4) is 0 Å². The molecule has 1 amide bonds. The number of nitrogens with zero attached hydrogens (tertiary/aromatic N) is 1. The van der Waals surface area contributed by atoms with Crippen LogP contribution in [0.5, 0.6) is 11.5 Å². The van der Waals surface area contributed by atoms with Gasteiger partial charge in [-0.25, -0.2) is 0 Å². The maximum Gasteiger partial charge on any atom is 0.300 e. The second-order valence-corrected chi connectivity index (χ2v) is 7.69. The van der Waals surface area contributed by atoms with Crippen LogP contribution in [0.15, 0.2) is 78.4 Å². The molecule has 0 aliphatic carbocycles. The van der Waals surface area contributed by atoms with Crippen LogP contribution in [0, 0.1) is 6.92 Å². The molecule has 1 heterocycles. The van der Waals surface area contributed by atoms with Crippen molar-refractivity contribution in [2.45, 2.75) is 19.9 Å². The summed E-state index contributed by atoms with van der Waals surface area (Å²) in [5, 5.41) is 11.2. The summed E-state index contributed by atoms with van der Waals surface area (Å²) in [7, 11) is 1.57. The number of benzene rings is 3. The summed E-state index contributed by atoms with van der Waals surface area (Å²) in [4.78, 5) is 27.9. The normalized spacial score (nSPS) is 17.3. The maximum atomic E-state index is 13.2. The van der Waals surface area contributed by atoms with Crippen molar-refractivity contribution in [1.82, 2.24) is 0 Å². The van der Waals surface area contributed by atoms with Crippen molar-refractivity contribution in [1.29, 1.82) is 0 Å². The number of aliphatic hydroxyl groups is 1. The second-order valence-electron chi connectivity index (χ2n) is 7.69. The van der Waals surface area contributed by atoms with Gasteiger partial charge in [-0.3, -0.25) is 14.5 Å². The van der Waals surface area contributed by atoms with E-state index in [1.807, 2.05) is 44.2 Å². The van der Waals surface area contributed by atoms with Gasteiger partial charge in [0.05, 0.1) is 25.3 Å². The summed E-state index contributed by atoms with van der Waals surface area (Å²) in [6.07, 6.45) is 0. The number of hydrogen-bond donors (Lipinski definition) is 1. The Morgan fingerprint density at radius 3 is 2.42 bits per heavy atom. The fraction of sp³-hybridized carbons (Fsp3) is 0.185. The van der Waals surface area contributed by atoms with Crippen molar-refractivity contribution < 1.29 is 24.2 Å².